The second kappa shape index (κ2) is 3.61. The fourth-order valence-electron chi connectivity index (χ4n) is 1.65. The molecule has 1 amide bonds. The zero-order chi connectivity index (χ0) is 9.26. The zero-order valence-electron chi connectivity index (χ0n) is 7.58. The fraction of sp³-hybridized carbons (Fsp3) is 0.875. The van der Waals surface area contributed by atoms with Crippen molar-refractivity contribution in [3.05, 3.63) is 0 Å². The van der Waals surface area contributed by atoms with Gasteiger partial charge >= 0.3 is 0 Å². The third-order valence-electron chi connectivity index (χ3n) is 2.60. The van der Waals surface area contributed by atoms with Gasteiger partial charge in [-0.05, 0) is 12.8 Å². The molecule has 0 spiro atoms. The van der Waals surface area contributed by atoms with E-state index in [-0.39, 0.29) is 11.9 Å². The molecule has 0 aromatic heterocycles. The highest BCUT2D eigenvalue weighted by Crippen LogP contribution is 2.23. The van der Waals surface area contributed by atoms with Crippen LogP contribution in [0.25, 0.3) is 0 Å². The molecule has 1 unspecified atom stereocenters. The summed E-state index contributed by atoms with van der Waals surface area (Å²) < 4.78 is 5.14. The molecule has 74 valence electrons. The number of methoxy groups -OCH3 is 1. The van der Waals surface area contributed by atoms with Gasteiger partial charge < -0.3 is 10.1 Å². The molecule has 1 saturated carbocycles. The van der Waals surface area contributed by atoms with E-state index in [4.69, 9.17) is 9.57 Å². The van der Waals surface area contributed by atoms with Crippen molar-refractivity contribution in [3.8, 4) is 0 Å². The van der Waals surface area contributed by atoms with E-state index in [1.807, 2.05) is 0 Å². The van der Waals surface area contributed by atoms with Crippen molar-refractivity contribution in [2.75, 3.05) is 13.7 Å². The average molecular weight is 186 g/mol. The lowest BCUT2D eigenvalue weighted by molar-refractivity contribution is -0.125. The minimum atomic E-state index is -0.178. The Morgan fingerprint density at radius 2 is 2.38 bits per heavy atom. The van der Waals surface area contributed by atoms with E-state index in [0.29, 0.717) is 18.8 Å². The maximum Gasteiger partial charge on any atom is 0.263 e. The molecule has 2 rings (SSSR count). The van der Waals surface area contributed by atoms with Crippen LogP contribution in [-0.2, 0) is 14.4 Å². The van der Waals surface area contributed by atoms with Gasteiger partial charge in [0.1, 0.15) is 6.04 Å². The molecule has 0 aromatic rings. The number of rotatable bonds is 3. The summed E-state index contributed by atoms with van der Waals surface area (Å²) in [6, 6.07) is 0.227. The van der Waals surface area contributed by atoms with Gasteiger partial charge in [0.2, 0.25) is 0 Å². The van der Waals surface area contributed by atoms with E-state index >= 15 is 0 Å². The van der Waals surface area contributed by atoms with Gasteiger partial charge in [0, 0.05) is 13.2 Å². The summed E-state index contributed by atoms with van der Waals surface area (Å²) in [4.78, 5) is 15.9. The Bertz CT molecular complexity index is 204. The molecule has 0 radical (unpaired) electrons. The zero-order valence-corrected chi connectivity index (χ0v) is 7.58. The standard InChI is InChI=1S/C8H14N2O3/c1-12-6-2-5(3-6)9-7-4-13-10-8(7)11/h5-7,9H,2-4H2,1H3,(H,10,11). The molecule has 0 bridgehead atoms. The molecule has 1 aliphatic carbocycles. The maximum atomic E-state index is 11.1. The van der Waals surface area contributed by atoms with Crippen molar-refractivity contribution in [3.63, 3.8) is 0 Å². The second-order valence-electron chi connectivity index (χ2n) is 3.52. The Morgan fingerprint density at radius 3 is 2.92 bits per heavy atom. The van der Waals surface area contributed by atoms with Gasteiger partial charge in [-0.3, -0.25) is 9.63 Å². The van der Waals surface area contributed by atoms with E-state index in [0.717, 1.165) is 12.8 Å². The Balaban J connectivity index is 1.71. The van der Waals surface area contributed by atoms with Crippen LogP contribution < -0.4 is 10.8 Å². The predicted molar refractivity (Wildman–Crippen MR) is 44.8 cm³/mol. The number of hydrogen-bond donors (Lipinski definition) is 2. The average Bonchev–Trinajstić information content (AvgIpc) is 2.43. The van der Waals surface area contributed by atoms with Crippen LogP contribution >= 0.6 is 0 Å². The number of hydrogen-bond acceptors (Lipinski definition) is 4. The van der Waals surface area contributed by atoms with Crippen LogP contribution in [0, 0.1) is 0 Å². The van der Waals surface area contributed by atoms with Crippen LogP contribution in [0.4, 0.5) is 0 Å². The van der Waals surface area contributed by atoms with E-state index in [1.165, 1.54) is 0 Å². The lowest BCUT2D eigenvalue weighted by atomic mass is 9.88. The summed E-state index contributed by atoms with van der Waals surface area (Å²) in [5.74, 6) is -0.0686. The third-order valence-corrected chi connectivity index (χ3v) is 2.60. The van der Waals surface area contributed by atoms with E-state index < -0.39 is 0 Å². The molecule has 5 nitrogen and oxygen atoms in total. The molecule has 1 saturated heterocycles. The molecule has 1 heterocycles. The summed E-state index contributed by atoms with van der Waals surface area (Å²) >= 11 is 0. The minimum absolute atomic E-state index is 0.0686. The van der Waals surface area contributed by atoms with Gasteiger partial charge in [0.05, 0.1) is 12.7 Å². The van der Waals surface area contributed by atoms with Gasteiger partial charge in [-0.2, -0.15) is 0 Å². The largest absolute Gasteiger partial charge is 0.381 e. The fourth-order valence-corrected chi connectivity index (χ4v) is 1.65. The molecule has 1 aliphatic heterocycles. The predicted octanol–water partition coefficient (Wildman–Crippen LogP) is -0.817. The lowest BCUT2D eigenvalue weighted by Gasteiger charge is -2.35. The first kappa shape index (κ1) is 8.93. The third kappa shape index (κ3) is 1.82. The molecule has 13 heavy (non-hydrogen) atoms. The monoisotopic (exact) mass is 186 g/mol. The lowest BCUT2D eigenvalue weighted by Crippen LogP contribution is -2.52. The molecule has 1 atom stereocenters. The first-order valence-electron chi connectivity index (χ1n) is 4.50. The van der Waals surface area contributed by atoms with Crippen LogP contribution in [0.15, 0.2) is 0 Å². The van der Waals surface area contributed by atoms with Crippen LogP contribution in [-0.4, -0.2) is 37.8 Å². The smallest absolute Gasteiger partial charge is 0.263 e. The summed E-state index contributed by atoms with van der Waals surface area (Å²) in [5.41, 5.74) is 2.32. The Hall–Kier alpha value is -0.650. The Labute approximate surface area is 76.7 Å². The first-order valence-corrected chi connectivity index (χ1v) is 4.50. The van der Waals surface area contributed by atoms with Gasteiger partial charge in [0.25, 0.3) is 5.91 Å². The number of carbonyl (C=O) groups is 1. The first-order chi connectivity index (χ1) is 6.29. The van der Waals surface area contributed by atoms with E-state index in [1.54, 1.807) is 7.11 Å². The molecule has 2 aliphatic rings. The van der Waals surface area contributed by atoms with Crippen molar-refractivity contribution in [1.82, 2.24) is 10.8 Å². The molecule has 2 fully saturated rings. The number of ether oxygens (including phenoxy) is 1. The molecule has 2 N–H and O–H groups in total. The van der Waals surface area contributed by atoms with Crippen molar-refractivity contribution in [2.24, 2.45) is 0 Å². The highest BCUT2D eigenvalue weighted by molar-refractivity contribution is 5.82. The summed E-state index contributed by atoms with van der Waals surface area (Å²) in [6.45, 7) is 0.424. The van der Waals surface area contributed by atoms with E-state index in [9.17, 15) is 4.79 Å². The van der Waals surface area contributed by atoms with Crippen molar-refractivity contribution < 1.29 is 14.4 Å². The number of hydroxylamine groups is 1. The van der Waals surface area contributed by atoms with Crippen LogP contribution in [0.3, 0.4) is 0 Å². The molecular formula is C8H14N2O3. The van der Waals surface area contributed by atoms with Gasteiger partial charge in [-0.1, -0.05) is 0 Å². The van der Waals surface area contributed by atoms with Crippen molar-refractivity contribution in [1.29, 1.82) is 0 Å². The highest BCUT2D eigenvalue weighted by Gasteiger charge is 2.34. The van der Waals surface area contributed by atoms with Crippen LogP contribution in [0.2, 0.25) is 0 Å². The van der Waals surface area contributed by atoms with Crippen LogP contribution in [0.5, 0.6) is 0 Å². The quantitative estimate of drug-likeness (QED) is 0.605. The van der Waals surface area contributed by atoms with Gasteiger partial charge in [-0.25, -0.2) is 5.48 Å². The number of nitrogens with one attached hydrogen (secondary N) is 2. The molecular weight excluding hydrogens is 172 g/mol. The Kier molecular flexibility index (Phi) is 2.48. The van der Waals surface area contributed by atoms with Gasteiger partial charge in [0.15, 0.2) is 0 Å². The van der Waals surface area contributed by atoms with Crippen molar-refractivity contribution >= 4 is 5.91 Å². The van der Waals surface area contributed by atoms with Crippen LogP contribution in [0.1, 0.15) is 12.8 Å². The normalized spacial score (nSPS) is 38.5. The second-order valence-corrected chi connectivity index (χ2v) is 3.52. The molecule has 5 heteroatoms. The number of carbonyl (C=O) groups excluding carboxylic acids is 1. The maximum absolute atomic E-state index is 11.1. The van der Waals surface area contributed by atoms with E-state index in [2.05, 4.69) is 10.8 Å². The number of amides is 1. The summed E-state index contributed by atoms with van der Waals surface area (Å²) in [6.07, 6.45) is 2.34. The topological polar surface area (TPSA) is 59.6 Å². The summed E-state index contributed by atoms with van der Waals surface area (Å²) in [5, 5.41) is 3.21. The van der Waals surface area contributed by atoms with Crippen molar-refractivity contribution in [2.45, 2.75) is 31.0 Å². The Morgan fingerprint density at radius 1 is 1.62 bits per heavy atom. The highest BCUT2D eigenvalue weighted by atomic mass is 16.7. The molecule has 0 aromatic carbocycles. The minimum Gasteiger partial charge on any atom is -0.381 e. The summed E-state index contributed by atoms with van der Waals surface area (Å²) in [7, 11) is 1.71. The van der Waals surface area contributed by atoms with Gasteiger partial charge in [-0.15, -0.1) is 0 Å². The SMILES string of the molecule is COC1CC(NC2CONC2=O)C1.